The van der Waals surface area contributed by atoms with E-state index in [4.69, 9.17) is 9.47 Å². The van der Waals surface area contributed by atoms with Gasteiger partial charge in [-0.2, -0.15) is 4.98 Å². The lowest BCUT2D eigenvalue weighted by molar-refractivity contribution is -0.141. The van der Waals surface area contributed by atoms with Crippen molar-refractivity contribution in [2.75, 3.05) is 31.2 Å². The third-order valence-electron chi connectivity index (χ3n) is 4.99. The van der Waals surface area contributed by atoms with Gasteiger partial charge in [-0.3, -0.25) is 4.79 Å². The summed E-state index contributed by atoms with van der Waals surface area (Å²) in [5.41, 5.74) is 0.888. The number of benzene rings is 1. The summed E-state index contributed by atoms with van der Waals surface area (Å²) in [6.07, 6.45) is 2.30. The van der Waals surface area contributed by atoms with Crippen LogP contribution in [0.1, 0.15) is 38.8 Å². The number of halogens is 2. The fourth-order valence-corrected chi connectivity index (χ4v) is 3.59. The first-order chi connectivity index (χ1) is 14.4. The molecule has 1 aliphatic heterocycles. The molecule has 0 N–H and O–H groups in total. The van der Waals surface area contributed by atoms with Crippen LogP contribution < -0.4 is 9.64 Å². The Kier molecular flexibility index (Phi) is 7.18. The molecule has 0 radical (unpaired) electrons. The molecule has 0 amide bonds. The molecule has 1 atom stereocenters. The number of rotatable bonds is 8. The van der Waals surface area contributed by atoms with Gasteiger partial charge in [0, 0.05) is 37.3 Å². The van der Waals surface area contributed by atoms with E-state index in [0.29, 0.717) is 44.3 Å². The molecule has 2 heterocycles. The molecule has 1 fully saturated rings. The number of nitrogens with zero attached hydrogens (tertiary/aromatic N) is 3. The molecule has 1 aromatic carbocycles. The Balaban J connectivity index is 1.76. The van der Waals surface area contributed by atoms with Gasteiger partial charge in [0.2, 0.25) is 5.88 Å². The second-order valence-corrected chi connectivity index (χ2v) is 7.54. The number of carbonyl (C=O) groups is 1. The zero-order valence-corrected chi connectivity index (χ0v) is 17.6. The molecule has 2 aromatic rings. The monoisotopic (exact) mass is 419 g/mol. The van der Waals surface area contributed by atoms with E-state index in [1.54, 1.807) is 17.9 Å². The molecule has 1 saturated heterocycles. The molecular weight excluding hydrogens is 392 g/mol. The van der Waals surface area contributed by atoms with E-state index in [2.05, 4.69) is 9.97 Å². The third kappa shape index (κ3) is 5.43. The third-order valence-corrected chi connectivity index (χ3v) is 4.99. The van der Waals surface area contributed by atoms with Gasteiger partial charge >= 0.3 is 5.97 Å². The largest absolute Gasteiger partial charge is 0.478 e. The smallest absolute Gasteiger partial charge is 0.302 e. The normalized spacial score (nSPS) is 16.0. The summed E-state index contributed by atoms with van der Waals surface area (Å²) in [6, 6.07) is 4.23. The number of aromatic nitrogens is 2. The van der Waals surface area contributed by atoms with E-state index >= 15 is 0 Å². The van der Waals surface area contributed by atoms with E-state index in [1.807, 2.05) is 6.92 Å². The second kappa shape index (κ2) is 9.82. The fraction of sp³-hybridized carbons (Fsp3) is 0.500. The van der Waals surface area contributed by atoms with Crippen LogP contribution in [0.25, 0.3) is 11.4 Å². The maximum atomic E-state index is 14.9. The van der Waals surface area contributed by atoms with Crippen molar-refractivity contribution < 1.29 is 23.0 Å². The van der Waals surface area contributed by atoms with Crippen molar-refractivity contribution in [2.45, 2.75) is 40.0 Å². The number of esters is 1. The summed E-state index contributed by atoms with van der Waals surface area (Å²) >= 11 is 0. The molecule has 0 aliphatic carbocycles. The first-order valence-electron chi connectivity index (χ1n) is 10.2. The van der Waals surface area contributed by atoms with Gasteiger partial charge in [0.05, 0.1) is 13.2 Å². The first kappa shape index (κ1) is 21.9. The Morgan fingerprint density at radius 2 is 1.93 bits per heavy atom. The van der Waals surface area contributed by atoms with Crippen molar-refractivity contribution in [3.05, 3.63) is 35.5 Å². The van der Waals surface area contributed by atoms with Crippen LogP contribution in [0.3, 0.4) is 0 Å². The van der Waals surface area contributed by atoms with Gasteiger partial charge in [-0.1, -0.05) is 6.92 Å². The Morgan fingerprint density at radius 3 is 2.60 bits per heavy atom. The minimum Gasteiger partial charge on any atom is -0.478 e. The zero-order valence-electron chi connectivity index (χ0n) is 17.6. The molecular formula is C22H27F2N3O3. The van der Waals surface area contributed by atoms with Crippen molar-refractivity contribution in [1.29, 1.82) is 0 Å². The minimum absolute atomic E-state index is 0.0381. The SMILES string of the molecule is CCCOc1cc(C)nc(-c2cc(F)c(N3CCC(CCOC(C)=O)C3)c(F)c2)n1. The number of anilines is 1. The van der Waals surface area contributed by atoms with E-state index < -0.39 is 11.6 Å². The minimum atomic E-state index is -0.647. The zero-order chi connectivity index (χ0) is 21.7. The van der Waals surface area contributed by atoms with Crippen molar-refractivity contribution in [2.24, 2.45) is 5.92 Å². The summed E-state index contributed by atoms with van der Waals surface area (Å²) in [4.78, 5) is 21.2. The molecule has 3 rings (SSSR count). The van der Waals surface area contributed by atoms with Gasteiger partial charge < -0.3 is 14.4 Å². The van der Waals surface area contributed by atoms with Gasteiger partial charge in [-0.25, -0.2) is 13.8 Å². The Labute approximate surface area is 175 Å². The number of hydrogen-bond donors (Lipinski definition) is 0. The molecule has 1 unspecified atom stereocenters. The van der Waals surface area contributed by atoms with Crippen LogP contribution >= 0.6 is 0 Å². The average molecular weight is 419 g/mol. The molecule has 162 valence electrons. The summed E-state index contributed by atoms with van der Waals surface area (Å²) in [5, 5.41) is 0. The predicted octanol–water partition coefficient (Wildman–Crippen LogP) is 4.30. The summed E-state index contributed by atoms with van der Waals surface area (Å²) < 4.78 is 40.3. The van der Waals surface area contributed by atoms with Crippen molar-refractivity contribution >= 4 is 11.7 Å². The predicted molar refractivity (Wildman–Crippen MR) is 109 cm³/mol. The van der Waals surface area contributed by atoms with Crippen molar-refractivity contribution in [3.63, 3.8) is 0 Å². The number of hydrogen-bond acceptors (Lipinski definition) is 6. The number of carbonyl (C=O) groups excluding carboxylic acids is 1. The average Bonchev–Trinajstić information content (AvgIpc) is 3.13. The van der Waals surface area contributed by atoms with Crippen LogP contribution in [0.15, 0.2) is 18.2 Å². The molecule has 0 saturated carbocycles. The highest BCUT2D eigenvalue weighted by atomic mass is 19.1. The van der Waals surface area contributed by atoms with Crippen LogP contribution in [0, 0.1) is 24.5 Å². The van der Waals surface area contributed by atoms with E-state index in [-0.39, 0.29) is 29.0 Å². The van der Waals surface area contributed by atoms with Gasteiger partial charge in [-0.05, 0) is 44.2 Å². The lowest BCUT2D eigenvalue weighted by Gasteiger charge is -2.21. The Bertz CT molecular complexity index is 884. The van der Waals surface area contributed by atoms with Crippen LogP contribution in [-0.4, -0.2) is 42.2 Å². The van der Waals surface area contributed by atoms with E-state index in [9.17, 15) is 13.6 Å². The highest BCUT2D eigenvalue weighted by Crippen LogP contribution is 2.33. The van der Waals surface area contributed by atoms with E-state index in [0.717, 1.165) is 12.8 Å². The topological polar surface area (TPSA) is 64.6 Å². The molecule has 1 aromatic heterocycles. The number of ether oxygens (including phenoxy) is 2. The first-order valence-corrected chi connectivity index (χ1v) is 10.2. The lowest BCUT2D eigenvalue weighted by atomic mass is 10.1. The summed E-state index contributed by atoms with van der Waals surface area (Å²) in [5.74, 6) is -0.774. The van der Waals surface area contributed by atoms with Crippen molar-refractivity contribution in [1.82, 2.24) is 9.97 Å². The van der Waals surface area contributed by atoms with Crippen LogP contribution in [0.4, 0.5) is 14.5 Å². The fourth-order valence-electron chi connectivity index (χ4n) is 3.59. The van der Waals surface area contributed by atoms with Gasteiger partial charge in [0.25, 0.3) is 0 Å². The van der Waals surface area contributed by atoms with Gasteiger partial charge in [0.1, 0.15) is 17.3 Å². The lowest BCUT2D eigenvalue weighted by Crippen LogP contribution is -2.22. The molecule has 8 heteroatoms. The van der Waals surface area contributed by atoms with Gasteiger partial charge in [-0.15, -0.1) is 0 Å². The van der Waals surface area contributed by atoms with E-state index in [1.165, 1.54) is 19.1 Å². The molecule has 30 heavy (non-hydrogen) atoms. The molecule has 1 aliphatic rings. The maximum absolute atomic E-state index is 14.9. The highest BCUT2D eigenvalue weighted by Gasteiger charge is 2.27. The van der Waals surface area contributed by atoms with Crippen LogP contribution in [-0.2, 0) is 9.53 Å². The second-order valence-electron chi connectivity index (χ2n) is 7.54. The van der Waals surface area contributed by atoms with Crippen LogP contribution in [0.5, 0.6) is 5.88 Å². The Morgan fingerprint density at radius 1 is 1.20 bits per heavy atom. The quantitative estimate of drug-likeness (QED) is 0.595. The van der Waals surface area contributed by atoms with Crippen molar-refractivity contribution in [3.8, 4) is 17.3 Å². The summed E-state index contributed by atoms with van der Waals surface area (Å²) in [6.45, 7) is 7.03. The highest BCUT2D eigenvalue weighted by molar-refractivity contribution is 5.66. The molecule has 0 bridgehead atoms. The van der Waals surface area contributed by atoms with Gasteiger partial charge in [0.15, 0.2) is 5.82 Å². The molecule has 0 spiro atoms. The summed E-state index contributed by atoms with van der Waals surface area (Å²) in [7, 11) is 0. The standard InChI is InChI=1S/C22H27F2N3O3/c1-4-8-30-20-10-14(2)25-22(26-20)17-11-18(23)21(19(24)12-17)27-7-5-16(13-27)6-9-29-15(3)28/h10-12,16H,4-9,13H2,1-3H3. The Hall–Kier alpha value is -2.77. The van der Waals surface area contributed by atoms with Crippen LogP contribution in [0.2, 0.25) is 0 Å². The maximum Gasteiger partial charge on any atom is 0.302 e. The number of aryl methyl sites for hydroxylation is 1. The molecule has 6 nitrogen and oxygen atoms in total.